The third kappa shape index (κ3) is 4.22. The largest absolute Gasteiger partial charge is 0.348 e. The van der Waals surface area contributed by atoms with Gasteiger partial charge in [0.2, 0.25) is 11.1 Å². The number of amides is 1. The summed E-state index contributed by atoms with van der Waals surface area (Å²) < 4.78 is 1.74. The molecule has 0 radical (unpaired) electrons. The van der Waals surface area contributed by atoms with Crippen LogP contribution in [0.1, 0.15) is 54.6 Å². The van der Waals surface area contributed by atoms with Crippen LogP contribution in [0.25, 0.3) is 5.78 Å². The number of thioether (sulfide) groups is 1. The molecule has 0 aliphatic heterocycles. The van der Waals surface area contributed by atoms with Crippen molar-refractivity contribution in [1.82, 2.24) is 24.9 Å². The third-order valence-electron chi connectivity index (χ3n) is 5.24. The van der Waals surface area contributed by atoms with E-state index in [4.69, 9.17) is 0 Å². The predicted molar refractivity (Wildman–Crippen MR) is 115 cm³/mol. The second-order valence-electron chi connectivity index (χ2n) is 6.89. The lowest BCUT2D eigenvalue weighted by molar-refractivity contribution is -0.121. The first kappa shape index (κ1) is 20.8. The fourth-order valence-electron chi connectivity index (χ4n) is 3.57. The van der Waals surface area contributed by atoms with Crippen molar-refractivity contribution in [2.45, 2.75) is 58.2 Å². The molecule has 0 aliphatic carbocycles. The highest BCUT2D eigenvalue weighted by Crippen LogP contribution is 2.30. The molecule has 3 heterocycles. The number of hydrogen-bond acceptors (Lipinski definition) is 6. The summed E-state index contributed by atoms with van der Waals surface area (Å²) in [5.41, 5.74) is 2.66. The quantitative estimate of drug-likeness (QED) is 0.551. The Morgan fingerprint density at radius 2 is 2.04 bits per heavy atom. The van der Waals surface area contributed by atoms with Gasteiger partial charge in [-0.25, -0.2) is 9.50 Å². The Bertz CT molecular complexity index is 947. The summed E-state index contributed by atoms with van der Waals surface area (Å²) in [7, 11) is 0. The van der Waals surface area contributed by atoms with Gasteiger partial charge in [-0.05, 0) is 37.5 Å². The van der Waals surface area contributed by atoms with Crippen molar-refractivity contribution in [3.8, 4) is 0 Å². The Morgan fingerprint density at radius 1 is 1.29 bits per heavy atom. The minimum absolute atomic E-state index is 0.0165. The predicted octanol–water partition coefficient (Wildman–Crippen LogP) is 4.36. The number of aromatic nitrogens is 4. The Hall–Kier alpha value is -1.93. The average molecular weight is 418 g/mol. The summed E-state index contributed by atoms with van der Waals surface area (Å²) in [6, 6.07) is 4.20. The van der Waals surface area contributed by atoms with E-state index in [0.717, 1.165) is 29.8 Å². The zero-order chi connectivity index (χ0) is 20.3. The minimum Gasteiger partial charge on any atom is -0.348 e. The zero-order valence-corrected chi connectivity index (χ0v) is 18.7. The molecular formula is C20H27N5OS2. The van der Waals surface area contributed by atoms with Crippen LogP contribution in [0.2, 0.25) is 0 Å². The first-order valence-corrected chi connectivity index (χ1v) is 11.7. The van der Waals surface area contributed by atoms with E-state index in [9.17, 15) is 4.79 Å². The maximum Gasteiger partial charge on any atom is 0.253 e. The molecule has 0 saturated carbocycles. The molecule has 1 atom stereocenters. The van der Waals surface area contributed by atoms with Gasteiger partial charge in [0.1, 0.15) is 0 Å². The molecule has 0 spiro atoms. The number of nitrogens with zero attached hydrogens (tertiary/aromatic N) is 4. The fourth-order valence-corrected chi connectivity index (χ4v) is 4.77. The molecule has 28 heavy (non-hydrogen) atoms. The van der Waals surface area contributed by atoms with Gasteiger partial charge in [-0.2, -0.15) is 4.98 Å². The van der Waals surface area contributed by atoms with Crippen LogP contribution in [-0.2, 0) is 11.2 Å². The molecule has 1 amide bonds. The average Bonchev–Trinajstić information content (AvgIpc) is 3.35. The van der Waals surface area contributed by atoms with Crippen molar-refractivity contribution >= 4 is 34.8 Å². The summed E-state index contributed by atoms with van der Waals surface area (Å²) in [4.78, 5) is 23.1. The fraction of sp³-hybridized carbons (Fsp3) is 0.500. The summed E-state index contributed by atoms with van der Waals surface area (Å²) in [5.74, 6) is 1.02. The molecular weight excluding hydrogens is 390 g/mol. The number of thiophene rings is 1. The third-order valence-corrected chi connectivity index (χ3v) is 6.73. The van der Waals surface area contributed by atoms with E-state index in [2.05, 4.69) is 45.7 Å². The van der Waals surface area contributed by atoms with Gasteiger partial charge in [-0.1, -0.05) is 44.5 Å². The van der Waals surface area contributed by atoms with Crippen molar-refractivity contribution in [2.75, 3.05) is 6.26 Å². The van der Waals surface area contributed by atoms with E-state index in [1.807, 2.05) is 26.2 Å². The van der Waals surface area contributed by atoms with Crippen LogP contribution >= 0.6 is 23.1 Å². The molecule has 150 valence electrons. The first-order chi connectivity index (χ1) is 13.5. The Balaban J connectivity index is 1.85. The molecule has 0 bridgehead atoms. The molecule has 0 aromatic carbocycles. The first-order valence-electron chi connectivity index (χ1n) is 9.58. The number of carbonyl (C=O) groups excluding carboxylic acids is 1. The van der Waals surface area contributed by atoms with Crippen LogP contribution in [0, 0.1) is 19.8 Å². The zero-order valence-electron chi connectivity index (χ0n) is 17.0. The van der Waals surface area contributed by atoms with Crippen LogP contribution < -0.4 is 5.32 Å². The molecule has 8 heteroatoms. The highest BCUT2D eigenvalue weighted by Gasteiger charge is 2.24. The summed E-state index contributed by atoms with van der Waals surface area (Å²) in [6.45, 7) is 8.27. The van der Waals surface area contributed by atoms with Gasteiger partial charge >= 0.3 is 0 Å². The van der Waals surface area contributed by atoms with Gasteiger partial charge < -0.3 is 5.32 Å². The van der Waals surface area contributed by atoms with Crippen LogP contribution in [0.4, 0.5) is 0 Å². The van der Waals surface area contributed by atoms with Gasteiger partial charge in [0.05, 0.1) is 12.5 Å². The lowest BCUT2D eigenvalue weighted by Gasteiger charge is -2.26. The van der Waals surface area contributed by atoms with Gasteiger partial charge in [0.25, 0.3) is 5.78 Å². The van der Waals surface area contributed by atoms with E-state index in [1.54, 1.807) is 15.9 Å². The molecule has 0 fully saturated rings. The molecule has 6 nitrogen and oxygen atoms in total. The number of rotatable bonds is 8. The number of fused-ring (bicyclic) bond motifs is 1. The van der Waals surface area contributed by atoms with Crippen LogP contribution in [0.15, 0.2) is 22.7 Å². The van der Waals surface area contributed by atoms with E-state index < -0.39 is 0 Å². The second kappa shape index (κ2) is 9.05. The highest BCUT2D eigenvalue weighted by atomic mass is 32.2. The Labute approximate surface area is 174 Å². The number of nitrogens with one attached hydrogen (secondary N) is 1. The van der Waals surface area contributed by atoms with Crippen molar-refractivity contribution in [3.05, 3.63) is 39.3 Å². The van der Waals surface area contributed by atoms with Gasteiger partial charge in [-0.3, -0.25) is 4.79 Å². The van der Waals surface area contributed by atoms with E-state index in [1.165, 1.54) is 16.6 Å². The topological polar surface area (TPSA) is 72.2 Å². The summed E-state index contributed by atoms with van der Waals surface area (Å²) in [6.07, 6.45) is 4.29. The van der Waals surface area contributed by atoms with E-state index >= 15 is 0 Å². The SMILES string of the molecule is CCC(CC)[C@H](NC(=O)Cc1c(C)nc2nc(SC)nn2c1C)c1cccs1. The summed E-state index contributed by atoms with van der Waals surface area (Å²) in [5, 5.41) is 10.5. The molecule has 3 aromatic heterocycles. The highest BCUT2D eigenvalue weighted by molar-refractivity contribution is 7.98. The second-order valence-corrected chi connectivity index (χ2v) is 8.64. The molecule has 1 N–H and O–H groups in total. The van der Waals surface area contributed by atoms with Crippen molar-refractivity contribution < 1.29 is 4.79 Å². The van der Waals surface area contributed by atoms with Crippen molar-refractivity contribution in [2.24, 2.45) is 5.92 Å². The van der Waals surface area contributed by atoms with E-state index in [0.29, 0.717) is 16.9 Å². The number of aryl methyl sites for hydroxylation is 2. The van der Waals surface area contributed by atoms with Crippen molar-refractivity contribution in [1.29, 1.82) is 0 Å². The lowest BCUT2D eigenvalue weighted by Crippen LogP contribution is -2.34. The maximum absolute atomic E-state index is 13.0. The normalized spacial score (nSPS) is 12.6. The van der Waals surface area contributed by atoms with Crippen molar-refractivity contribution in [3.63, 3.8) is 0 Å². The lowest BCUT2D eigenvalue weighted by atomic mass is 9.92. The molecule has 3 aromatic rings. The monoisotopic (exact) mass is 417 g/mol. The molecule has 0 aliphatic rings. The smallest absolute Gasteiger partial charge is 0.253 e. The maximum atomic E-state index is 13.0. The van der Waals surface area contributed by atoms with Gasteiger partial charge in [0.15, 0.2) is 0 Å². The van der Waals surface area contributed by atoms with Crippen LogP contribution in [0.5, 0.6) is 0 Å². The number of hydrogen-bond donors (Lipinski definition) is 1. The van der Waals surface area contributed by atoms with Gasteiger partial charge in [-0.15, -0.1) is 16.4 Å². The summed E-state index contributed by atoms with van der Waals surface area (Å²) >= 11 is 3.18. The van der Waals surface area contributed by atoms with E-state index in [-0.39, 0.29) is 18.4 Å². The Kier molecular flexibility index (Phi) is 6.72. The molecule has 3 rings (SSSR count). The van der Waals surface area contributed by atoms with Crippen LogP contribution in [-0.4, -0.2) is 31.7 Å². The molecule has 0 unspecified atom stereocenters. The molecule has 0 saturated heterocycles. The standard InChI is InChI=1S/C20H27N5OS2/c1-6-14(7-2)18(16-9-8-10-28-16)22-17(26)11-15-12(3)21-19-23-20(27-5)24-25(19)13(15)4/h8-10,14,18H,6-7,11H2,1-5H3,(H,22,26)/t18-/m0/s1. The Morgan fingerprint density at radius 3 is 2.64 bits per heavy atom. The minimum atomic E-state index is 0.0165. The number of carbonyl (C=O) groups is 1. The van der Waals surface area contributed by atoms with Crippen LogP contribution in [0.3, 0.4) is 0 Å². The van der Waals surface area contributed by atoms with Gasteiger partial charge in [0, 0.05) is 21.8 Å².